The first-order valence-electron chi connectivity index (χ1n) is 7.06. The summed E-state index contributed by atoms with van der Waals surface area (Å²) in [5.74, 6) is -0.842. The maximum absolute atomic E-state index is 13.8. The Bertz CT molecular complexity index is 682. The van der Waals surface area contributed by atoms with Crippen LogP contribution in [0.3, 0.4) is 0 Å². The average molecular weight is 338 g/mol. The minimum atomic E-state index is -0.604. The third kappa shape index (κ3) is 2.96. The molecule has 0 aromatic heterocycles. The highest BCUT2D eigenvalue weighted by Crippen LogP contribution is 2.37. The maximum atomic E-state index is 13.8. The van der Waals surface area contributed by atoms with Crippen molar-refractivity contribution in [2.45, 2.75) is 24.8 Å². The van der Waals surface area contributed by atoms with Crippen molar-refractivity contribution in [3.63, 3.8) is 0 Å². The Kier molecular flexibility index (Phi) is 4.37. The number of hydrogen-bond acceptors (Lipinski definition) is 1. The average Bonchev–Trinajstić information content (AvgIpc) is 2.46. The minimum Gasteiger partial charge on any atom is -0.349 e. The summed E-state index contributed by atoms with van der Waals surface area (Å²) in [5, 5.41) is 3.69. The highest BCUT2D eigenvalue weighted by molar-refractivity contribution is 6.33. The highest BCUT2D eigenvalue weighted by atomic mass is 35.5. The first-order chi connectivity index (χ1) is 10.6. The van der Waals surface area contributed by atoms with Gasteiger partial charge in [-0.2, -0.15) is 0 Å². The summed E-state index contributed by atoms with van der Waals surface area (Å²) in [7, 11) is 0. The Morgan fingerprint density at radius 2 is 1.82 bits per heavy atom. The van der Waals surface area contributed by atoms with E-state index in [1.54, 1.807) is 0 Å². The van der Waals surface area contributed by atoms with Crippen molar-refractivity contribution in [1.29, 1.82) is 0 Å². The number of amides is 1. The predicted molar refractivity (Wildman–Crippen MR) is 86.1 cm³/mol. The maximum Gasteiger partial charge on any atom is 0.256 e. The van der Waals surface area contributed by atoms with Crippen molar-refractivity contribution in [3.05, 3.63) is 69.5 Å². The minimum absolute atomic E-state index is 0.00986. The lowest BCUT2D eigenvalue weighted by Crippen LogP contribution is -2.45. The second kappa shape index (κ2) is 6.27. The molecule has 2 aromatic carbocycles. The van der Waals surface area contributed by atoms with Crippen LogP contribution in [-0.4, -0.2) is 11.9 Å². The number of nitrogens with one attached hydrogen (secondary N) is 1. The summed E-state index contributed by atoms with van der Waals surface area (Å²) in [5.41, 5.74) is 1.03. The van der Waals surface area contributed by atoms with Crippen molar-refractivity contribution < 1.29 is 9.18 Å². The number of rotatable bonds is 3. The van der Waals surface area contributed by atoms with E-state index in [1.807, 2.05) is 24.3 Å². The molecular weight excluding hydrogens is 324 g/mol. The van der Waals surface area contributed by atoms with E-state index < -0.39 is 11.7 Å². The van der Waals surface area contributed by atoms with Crippen molar-refractivity contribution in [2.75, 3.05) is 0 Å². The zero-order valence-corrected chi connectivity index (χ0v) is 13.2. The molecule has 1 saturated carbocycles. The third-order valence-corrected chi connectivity index (χ3v) is 4.65. The first-order valence-corrected chi connectivity index (χ1v) is 7.82. The molecule has 22 heavy (non-hydrogen) atoms. The van der Waals surface area contributed by atoms with Gasteiger partial charge >= 0.3 is 0 Å². The Morgan fingerprint density at radius 3 is 2.41 bits per heavy atom. The molecule has 1 N–H and O–H groups in total. The summed E-state index contributed by atoms with van der Waals surface area (Å²) in [6.07, 6.45) is 1.85. The SMILES string of the molecule is O=C(NC1CCC1c1ccc(Cl)cc1)c1c(F)cccc1Cl. The monoisotopic (exact) mass is 337 g/mol. The van der Waals surface area contributed by atoms with Gasteiger partial charge in [0.2, 0.25) is 0 Å². The number of benzene rings is 2. The second-order valence-corrected chi connectivity index (χ2v) is 6.26. The third-order valence-electron chi connectivity index (χ3n) is 4.08. The zero-order valence-electron chi connectivity index (χ0n) is 11.7. The number of carbonyl (C=O) groups excluding carboxylic acids is 1. The standard InChI is InChI=1S/C17H14Cl2FNO/c18-11-6-4-10(5-7-11)12-8-9-15(12)21-17(22)16-13(19)2-1-3-14(16)20/h1-7,12,15H,8-9H2,(H,21,22). The largest absolute Gasteiger partial charge is 0.349 e. The molecule has 114 valence electrons. The van der Waals surface area contributed by atoms with Crippen LogP contribution in [0.2, 0.25) is 10.0 Å². The molecule has 1 aliphatic rings. The fourth-order valence-corrected chi connectivity index (χ4v) is 3.11. The molecular formula is C17H14Cl2FNO. The van der Waals surface area contributed by atoms with Crippen molar-refractivity contribution in [3.8, 4) is 0 Å². The van der Waals surface area contributed by atoms with E-state index in [9.17, 15) is 9.18 Å². The first kappa shape index (κ1) is 15.3. The van der Waals surface area contributed by atoms with Crippen LogP contribution in [0, 0.1) is 5.82 Å². The van der Waals surface area contributed by atoms with E-state index in [1.165, 1.54) is 18.2 Å². The van der Waals surface area contributed by atoms with Crippen LogP contribution in [0.5, 0.6) is 0 Å². The normalized spacial score (nSPS) is 20.3. The quantitative estimate of drug-likeness (QED) is 0.855. The lowest BCUT2D eigenvalue weighted by molar-refractivity contribution is 0.0901. The van der Waals surface area contributed by atoms with E-state index in [2.05, 4.69) is 5.32 Å². The molecule has 2 nitrogen and oxygen atoms in total. The molecule has 0 bridgehead atoms. The number of halogens is 3. The van der Waals surface area contributed by atoms with Crippen LogP contribution in [0.25, 0.3) is 0 Å². The van der Waals surface area contributed by atoms with Gasteiger partial charge in [-0.3, -0.25) is 4.79 Å². The topological polar surface area (TPSA) is 29.1 Å². The molecule has 2 unspecified atom stereocenters. The Morgan fingerprint density at radius 1 is 1.09 bits per heavy atom. The molecule has 2 atom stereocenters. The van der Waals surface area contributed by atoms with E-state index >= 15 is 0 Å². The molecule has 0 saturated heterocycles. The highest BCUT2D eigenvalue weighted by Gasteiger charge is 2.34. The molecule has 3 rings (SSSR count). The lowest BCUT2D eigenvalue weighted by Gasteiger charge is -2.37. The number of hydrogen-bond donors (Lipinski definition) is 1. The van der Waals surface area contributed by atoms with Gasteiger partial charge in [0.15, 0.2) is 0 Å². The van der Waals surface area contributed by atoms with E-state index in [0.29, 0.717) is 5.02 Å². The molecule has 2 aromatic rings. The van der Waals surface area contributed by atoms with Gasteiger partial charge in [-0.25, -0.2) is 4.39 Å². The summed E-state index contributed by atoms with van der Waals surface area (Å²) in [4.78, 5) is 12.3. The molecule has 1 fully saturated rings. The van der Waals surface area contributed by atoms with Crippen LogP contribution in [0.15, 0.2) is 42.5 Å². The van der Waals surface area contributed by atoms with Gasteiger partial charge in [-0.15, -0.1) is 0 Å². The van der Waals surface area contributed by atoms with E-state index in [4.69, 9.17) is 23.2 Å². The Hall–Kier alpha value is -1.58. The predicted octanol–water partition coefficient (Wildman–Crippen LogP) is 4.81. The molecule has 0 radical (unpaired) electrons. The van der Waals surface area contributed by atoms with Crippen LogP contribution in [0.4, 0.5) is 4.39 Å². The van der Waals surface area contributed by atoms with Gasteiger partial charge in [-0.05, 0) is 42.7 Å². The number of carbonyl (C=O) groups is 1. The molecule has 0 aliphatic heterocycles. The van der Waals surface area contributed by atoms with Crippen molar-refractivity contribution in [2.24, 2.45) is 0 Å². The van der Waals surface area contributed by atoms with E-state index in [-0.39, 0.29) is 22.5 Å². The van der Waals surface area contributed by atoms with Gasteiger partial charge in [0.25, 0.3) is 5.91 Å². The molecule has 1 amide bonds. The Balaban J connectivity index is 1.73. The summed E-state index contributed by atoms with van der Waals surface area (Å²) >= 11 is 11.8. The van der Waals surface area contributed by atoms with Crippen LogP contribution >= 0.6 is 23.2 Å². The summed E-state index contributed by atoms with van der Waals surface area (Å²) < 4.78 is 13.8. The molecule has 0 heterocycles. The summed E-state index contributed by atoms with van der Waals surface area (Å²) in [6, 6.07) is 11.8. The second-order valence-electron chi connectivity index (χ2n) is 5.41. The van der Waals surface area contributed by atoms with Gasteiger partial charge < -0.3 is 5.32 Å². The van der Waals surface area contributed by atoms with Gasteiger partial charge in [0.1, 0.15) is 5.82 Å². The van der Waals surface area contributed by atoms with Gasteiger partial charge in [-0.1, -0.05) is 41.4 Å². The molecule has 5 heteroatoms. The molecule has 0 spiro atoms. The van der Waals surface area contributed by atoms with Crippen molar-refractivity contribution >= 4 is 29.1 Å². The fraction of sp³-hybridized carbons (Fsp3) is 0.235. The van der Waals surface area contributed by atoms with Gasteiger partial charge in [0.05, 0.1) is 10.6 Å². The summed E-state index contributed by atoms with van der Waals surface area (Å²) in [6.45, 7) is 0. The zero-order chi connectivity index (χ0) is 15.7. The van der Waals surface area contributed by atoms with Gasteiger partial charge in [0, 0.05) is 17.0 Å². The Labute approximate surface area is 138 Å². The van der Waals surface area contributed by atoms with Crippen LogP contribution in [-0.2, 0) is 0 Å². The van der Waals surface area contributed by atoms with Crippen LogP contribution < -0.4 is 5.32 Å². The lowest BCUT2D eigenvalue weighted by atomic mass is 9.75. The smallest absolute Gasteiger partial charge is 0.256 e. The van der Waals surface area contributed by atoms with E-state index in [0.717, 1.165) is 18.4 Å². The molecule has 1 aliphatic carbocycles. The van der Waals surface area contributed by atoms with Crippen LogP contribution in [0.1, 0.15) is 34.7 Å². The van der Waals surface area contributed by atoms with Crippen molar-refractivity contribution in [1.82, 2.24) is 5.32 Å². The fourth-order valence-electron chi connectivity index (χ4n) is 2.74.